The summed E-state index contributed by atoms with van der Waals surface area (Å²) in [6.07, 6.45) is 0.901. The largest absolute Gasteiger partial charge is 0.383 e. The van der Waals surface area contributed by atoms with Crippen LogP contribution in [0.3, 0.4) is 0 Å². The maximum atomic E-state index is 6.17. The van der Waals surface area contributed by atoms with Crippen molar-refractivity contribution in [3.05, 3.63) is 75.2 Å². The van der Waals surface area contributed by atoms with E-state index in [1.165, 1.54) is 16.3 Å². The van der Waals surface area contributed by atoms with Crippen molar-refractivity contribution in [3.8, 4) is 0 Å². The van der Waals surface area contributed by atoms with E-state index in [0.29, 0.717) is 15.1 Å². The molecule has 22 heavy (non-hydrogen) atoms. The molecule has 0 spiro atoms. The fourth-order valence-corrected chi connectivity index (χ4v) is 3.11. The third-order valence-electron chi connectivity index (χ3n) is 3.60. The van der Waals surface area contributed by atoms with Crippen LogP contribution in [-0.4, -0.2) is 6.54 Å². The Morgan fingerprint density at radius 3 is 2.36 bits per heavy atom. The summed E-state index contributed by atoms with van der Waals surface area (Å²) < 4.78 is 0. The smallest absolute Gasteiger partial charge is 0.0653 e. The lowest BCUT2D eigenvalue weighted by Gasteiger charge is -2.11. The molecule has 112 valence electrons. The lowest BCUT2D eigenvalue weighted by atomic mass is 10.0. The van der Waals surface area contributed by atoms with Crippen LogP contribution in [0.15, 0.2) is 54.6 Å². The Morgan fingerprint density at radius 2 is 1.50 bits per heavy atom. The van der Waals surface area contributed by atoms with Crippen LogP contribution < -0.4 is 5.32 Å². The predicted octanol–water partition coefficient (Wildman–Crippen LogP) is 6.45. The number of benzene rings is 3. The molecule has 0 amide bonds. The van der Waals surface area contributed by atoms with Gasteiger partial charge in [0.05, 0.1) is 20.8 Å². The molecule has 3 aromatic rings. The minimum absolute atomic E-state index is 0.464. The van der Waals surface area contributed by atoms with Gasteiger partial charge in [-0.3, -0.25) is 0 Å². The number of halogens is 3. The van der Waals surface area contributed by atoms with Crippen LogP contribution in [0.2, 0.25) is 15.1 Å². The van der Waals surface area contributed by atoms with E-state index in [0.717, 1.165) is 18.7 Å². The van der Waals surface area contributed by atoms with Crippen molar-refractivity contribution in [1.29, 1.82) is 0 Å². The monoisotopic (exact) mass is 349 g/mol. The van der Waals surface area contributed by atoms with Crippen molar-refractivity contribution < 1.29 is 0 Å². The highest BCUT2D eigenvalue weighted by Gasteiger charge is 2.06. The van der Waals surface area contributed by atoms with Crippen LogP contribution in [0.25, 0.3) is 10.8 Å². The highest BCUT2D eigenvalue weighted by atomic mass is 35.5. The Bertz CT molecular complexity index is 809. The molecular weight excluding hydrogens is 337 g/mol. The van der Waals surface area contributed by atoms with Gasteiger partial charge in [-0.1, -0.05) is 77.3 Å². The molecule has 0 saturated heterocycles. The van der Waals surface area contributed by atoms with Gasteiger partial charge in [-0.25, -0.2) is 0 Å². The summed E-state index contributed by atoms with van der Waals surface area (Å²) in [6, 6.07) is 18.2. The van der Waals surface area contributed by atoms with E-state index >= 15 is 0 Å². The van der Waals surface area contributed by atoms with Gasteiger partial charge < -0.3 is 5.32 Å². The number of hydrogen-bond donors (Lipinski definition) is 1. The Kier molecular flexibility index (Phi) is 4.77. The highest BCUT2D eigenvalue weighted by Crippen LogP contribution is 2.32. The first-order valence-corrected chi connectivity index (χ1v) is 8.13. The molecule has 0 aliphatic rings. The summed E-state index contributed by atoms with van der Waals surface area (Å²) >= 11 is 18.1. The maximum absolute atomic E-state index is 6.17. The Hall–Kier alpha value is -1.41. The zero-order valence-corrected chi connectivity index (χ0v) is 14.0. The predicted molar refractivity (Wildman–Crippen MR) is 97.6 cm³/mol. The molecule has 0 radical (unpaired) electrons. The first kappa shape index (κ1) is 15.5. The molecule has 0 aromatic heterocycles. The maximum Gasteiger partial charge on any atom is 0.0653 e. The summed E-state index contributed by atoms with van der Waals surface area (Å²) in [4.78, 5) is 0. The van der Waals surface area contributed by atoms with E-state index in [4.69, 9.17) is 34.8 Å². The van der Waals surface area contributed by atoms with Crippen LogP contribution in [0, 0.1) is 0 Å². The normalized spacial score (nSPS) is 10.9. The molecule has 0 heterocycles. The van der Waals surface area contributed by atoms with Crippen molar-refractivity contribution >= 4 is 51.3 Å². The third-order valence-corrected chi connectivity index (χ3v) is 4.63. The molecule has 0 atom stereocenters. The molecule has 0 unspecified atom stereocenters. The molecular formula is C18H14Cl3N. The van der Waals surface area contributed by atoms with Gasteiger partial charge in [-0.15, -0.1) is 0 Å². The number of nitrogens with one attached hydrogen (secondary N) is 1. The molecule has 1 nitrogen and oxygen atoms in total. The van der Waals surface area contributed by atoms with Gasteiger partial charge in [-0.2, -0.15) is 0 Å². The molecule has 0 fully saturated rings. The van der Waals surface area contributed by atoms with Gasteiger partial charge in [0.1, 0.15) is 0 Å². The van der Waals surface area contributed by atoms with Crippen LogP contribution in [0.4, 0.5) is 5.69 Å². The van der Waals surface area contributed by atoms with E-state index in [-0.39, 0.29) is 0 Å². The molecule has 0 aliphatic carbocycles. The summed E-state index contributed by atoms with van der Waals surface area (Å²) in [5.74, 6) is 0. The van der Waals surface area contributed by atoms with Crippen molar-refractivity contribution in [3.63, 3.8) is 0 Å². The number of hydrogen-bond acceptors (Lipinski definition) is 1. The zero-order chi connectivity index (χ0) is 15.5. The molecule has 4 heteroatoms. The minimum atomic E-state index is 0.464. The zero-order valence-electron chi connectivity index (χ0n) is 11.7. The number of rotatable bonds is 4. The minimum Gasteiger partial charge on any atom is -0.383 e. The molecule has 3 aromatic carbocycles. The van der Waals surface area contributed by atoms with Crippen molar-refractivity contribution in [2.24, 2.45) is 0 Å². The standard InChI is InChI=1S/C18H14Cl3N/c19-15-10-17(21)18(11-16(15)20)22-9-8-13-6-3-5-12-4-1-2-7-14(12)13/h1-7,10-11,22H,8-9H2. The van der Waals surface area contributed by atoms with Crippen LogP contribution in [0.1, 0.15) is 5.56 Å². The van der Waals surface area contributed by atoms with E-state index in [2.05, 4.69) is 47.8 Å². The Morgan fingerprint density at radius 1 is 0.773 bits per heavy atom. The summed E-state index contributed by atoms with van der Waals surface area (Å²) in [5, 5.41) is 7.40. The van der Waals surface area contributed by atoms with Crippen molar-refractivity contribution in [2.45, 2.75) is 6.42 Å². The second-order valence-corrected chi connectivity index (χ2v) is 6.28. The van der Waals surface area contributed by atoms with Gasteiger partial charge in [0.25, 0.3) is 0 Å². The molecule has 0 bridgehead atoms. The summed E-state index contributed by atoms with van der Waals surface area (Å²) in [5.41, 5.74) is 2.11. The van der Waals surface area contributed by atoms with E-state index < -0.39 is 0 Å². The fourth-order valence-electron chi connectivity index (χ4n) is 2.50. The van der Waals surface area contributed by atoms with Crippen molar-refractivity contribution in [1.82, 2.24) is 0 Å². The molecule has 1 N–H and O–H groups in total. The fraction of sp³-hybridized carbons (Fsp3) is 0.111. The third kappa shape index (κ3) is 3.33. The molecule has 0 aliphatic heterocycles. The lowest BCUT2D eigenvalue weighted by molar-refractivity contribution is 1.03. The summed E-state index contributed by atoms with van der Waals surface area (Å²) in [7, 11) is 0. The van der Waals surface area contributed by atoms with Gasteiger partial charge >= 0.3 is 0 Å². The van der Waals surface area contributed by atoms with Crippen LogP contribution >= 0.6 is 34.8 Å². The number of fused-ring (bicyclic) bond motifs is 1. The molecule has 0 saturated carbocycles. The second-order valence-electron chi connectivity index (χ2n) is 5.06. The van der Waals surface area contributed by atoms with E-state index in [1.807, 2.05) is 0 Å². The highest BCUT2D eigenvalue weighted by molar-refractivity contribution is 6.44. The van der Waals surface area contributed by atoms with Gasteiger partial charge in [0.2, 0.25) is 0 Å². The number of anilines is 1. The second kappa shape index (κ2) is 6.78. The van der Waals surface area contributed by atoms with Crippen LogP contribution in [-0.2, 0) is 6.42 Å². The van der Waals surface area contributed by atoms with Gasteiger partial charge in [0.15, 0.2) is 0 Å². The van der Waals surface area contributed by atoms with Gasteiger partial charge in [-0.05, 0) is 34.9 Å². The van der Waals surface area contributed by atoms with E-state index in [1.54, 1.807) is 12.1 Å². The average molecular weight is 351 g/mol. The topological polar surface area (TPSA) is 12.0 Å². The van der Waals surface area contributed by atoms with Gasteiger partial charge in [0, 0.05) is 6.54 Å². The van der Waals surface area contributed by atoms with E-state index in [9.17, 15) is 0 Å². The van der Waals surface area contributed by atoms with Crippen LogP contribution in [0.5, 0.6) is 0 Å². The van der Waals surface area contributed by atoms with Crippen molar-refractivity contribution in [2.75, 3.05) is 11.9 Å². The average Bonchev–Trinajstić information content (AvgIpc) is 2.52. The first-order chi connectivity index (χ1) is 10.6. The quantitative estimate of drug-likeness (QED) is 0.533. The summed E-state index contributed by atoms with van der Waals surface area (Å²) in [6.45, 7) is 0.770. The lowest BCUT2D eigenvalue weighted by Crippen LogP contribution is -2.05. The SMILES string of the molecule is Clc1cc(Cl)c(NCCc2cccc3ccccc23)cc1Cl. The Labute approximate surface area is 144 Å². The first-order valence-electron chi connectivity index (χ1n) is 7.00. The Balaban J connectivity index is 1.74. The molecule has 3 rings (SSSR count).